The lowest BCUT2D eigenvalue weighted by atomic mass is 10.1. The highest BCUT2D eigenvalue weighted by Gasteiger charge is 2.12. The fraction of sp³-hybridized carbons (Fsp3) is 0.235. The molecule has 0 saturated carbocycles. The molecular weight excluding hydrogens is 326 g/mol. The third-order valence-corrected chi connectivity index (χ3v) is 3.52. The van der Waals surface area contributed by atoms with E-state index in [0.29, 0.717) is 30.7 Å². The first-order chi connectivity index (χ1) is 11.3. The highest BCUT2D eigenvalue weighted by atomic mass is 35.5. The Bertz CT molecular complexity index is 839. The van der Waals surface area contributed by atoms with Crippen LogP contribution in [0.25, 0.3) is 22.1 Å². The molecule has 0 radical (unpaired) electrons. The van der Waals surface area contributed by atoms with Crippen molar-refractivity contribution in [2.45, 2.75) is 0 Å². The third kappa shape index (κ3) is 3.97. The molecule has 0 fully saturated rings. The summed E-state index contributed by atoms with van der Waals surface area (Å²) in [6.45, 7) is 2.54. The van der Waals surface area contributed by atoms with Gasteiger partial charge in [-0.05, 0) is 24.3 Å². The first-order valence-electron chi connectivity index (χ1n) is 7.64. The van der Waals surface area contributed by atoms with E-state index in [2.05, 4.69) is 20.6 Å². The van der Waals surface area contributed by atoms with Crippen LogP contribution in [0, 0.1) is 0 Å². The normalized spacial score (nSPS) is 10.5. The van der Waals surface area contributed by atoms with Crippen molar-refractivity contribution >= 4 is 40.4 Å². The average molecular weight is 346 g/mol. The fourth-order valence-electron chi connectivity index (χ4n) is 2.41. The van der Waals surface area contributed by atoms with Gasteiger partial charge in [0.1, 0.15) is 5.52 Å². The van der Waals surface area contributed by atoms with Crippen molar-refractivity contribution in [2.24, 2.45) is 5.73 Å². The van der Waals surface area contributed by atoms with E-state index in [-0.39, 0.29) is 18.3 Å². The lowest BCUT2D eigenvalue weighted by Gasteiger charge is -2.08. The van der Waals surface area contributed by atoms with E-state index < -0.39 is 0 Å². The molecule has 1 heterocycles. The first kappa shape index (κ1) is 18.1. The topological polar surface area (TPSA) is 92.9 Å². The molecule has 0 spiro atoms. The number of nitrogens with one attached hydrogen (secondary N) is 2. The number of fused-ring (bicyclic) bond motifs is 2. The van der Waals surface area contributed by atoms with Gasteiger partial charge in [0.25, 0.3) is 5.91 Å². The summed E-state index contributed by atoms with van der Waals surface area (Å²) < 4.78 is 0. The molecule has 24 heavy (non-hydrogen) atoms. The number of halogens is 1. The van der Waals surface area contributed by atoms with Gasteiger partial charge < -0.3 is 16.4 Å². The van der Waals surface area contributed by atoms with Gasteiger partial charge in [0.05, 0.1) is 22.1 Å². The van der Waals surface area contributed by atoms with Gasteiger partial charge in [0.15, 0.2) is 0 Å². The zero-order chi connectivity index (χ0) is 16.1. The zero-order valence-corrected chi connectivity index (χ0v) is 14.0. The predicted octanol–water partition coefficient (Wildman–Crippen LogP) is 1.48. The van der Waals surface area contributed by atoms with Crippen LogP contribution in [0.3, 0.4) is 0 Å². The quantitative estimate of drug-likeness (QED) is 0.465. The molecule has 2 aromatic carbocycles. The van der Waals surface area contributed by atoms with Gasteiger partial charge in [-0.1, -0.05) is 18.2 Å². The van der Waals surface area contributed by atoms with Crippen molar-refractivity contribution in [1.29, 1.82) is 0 Å². The van der Waals surface area contributed by atoms with Crippen LogP contribution in [0.1, 0.15) is 10.4 Å². The Morgan fingerprint density at radius 2 is 1.62 bits per heavy atom. The Morgan fingerprint density at radius 1 is 0.917 bits per heavy atom. The van der Waals surface area contributed by atoms with Crippen molar-refractivity contribution in [2.75, 3.05) is 26.2 Å². The van der Waals surface area contributed by atoms with Crippen LogP contribution in [-0.2, 0) is 0 Å². The lowest BCUT2D eigenvalue weighted by Crippen LogP contribution is -2.33. The second kappa shape index (κ2) is 8.54. The second-order valence-electron chi connectivity index (χ2n) is 5.18. The molecule has 126 valence electrons. The molecule has 1 amide bonds. The van der Waals surface area contributed by atoms with E-state index >= 15 is 0 Å². The SMILES string of the molecule is Cl.NCCNCCNC(=O)c1cccc2nc3ccccc3nc12. The molecule has 1 aromatic heterocycles. The van der Waals surface area contributed by atoms with E-state index in [4.69, 9.17) is 5.73 Å². The smallest absolute Gasteiger partial charge is 0.253 e. The zero-order valence-electron chi connectivity index (χ0n) is 13.2. The molecule has 0 aliphatic carbocycles. The van der Waals surface area contributed by atoms with Crippen LogP contribution in [0.15, 0.2) is 42.5 Å². The Labute approximate surface area is 146 Å². The molecule has 0 saturated heterocycles. The summed E-state index contributed by atoms with van der Waals surface area (Å²) in [6, 6.07) is 13.1. The number of hydrogen-bond acceptors (Lipinski definition) is 5. The number of amides is 1. The average Bonchev–Trinajstić information content (AvgIpc) is 2.59. The minimum Gasteiger partial charge on any atom is -0.351 e. The molecular formula is C17H20ClN5O. The van der Waals surface area contributed by atoms with E-state index in [1.54, 1.807) is 6.07 Å². The van der Waals surface area contributed by atoms with Crippen molar-refractivity contribution in [3.05, 3.63) is 48.0 Å². The number of aromatic nitrogens is 2. The molecule has 0 atom stereocenters. The summed E-state index contributed by atoms with van der Waals surface area (Å²) in [4.78, 5) is 21.6. The van der Waals surface area contributed by atoms with Crippen LogP contribution >= 0.6 is 12.4 Å². The summed E-state index contributed by atoms with van der Waals surface area (Å²) in [7, 11) is 0. The van der Waals surface area contributed by atoms with E-state index in [1.807, 2.05) is 36.4 Å². The highest BCUT2D eigenvalue weighted by molar-refractivity contribution is 6.06. The van der Waals surface area contributed by atoms with E-state index in [9.17, 15) is 4.79 Å². The number of carbonyl (C=O) groups is 1. The van der Waals surface area contributed by atoms with Crippen molar-refractivity contribution in [3.8, 4) is 0 Å². The number of hydrogen-bond donors (Lipinski definition) is 3. The van der Waals surface area contributed by atoms with Gasteiger partial charge >= 0.3 is 0 Å². The second-order valence-corrected chi connectivity index (χ2v) is 5.18. The minimum absolute atomic E-state index is 0. The largest absolute Gasteiger partial charge is 0.351 e. The van der Waals surface area contributed by atoms with E-state index in [1.165, 1.54) is 0 Å². The number of rotatable bonds is 6. The number of benzene rings is 2. The number of para-hydroxylation sites is 3. The summed E-state index contributed by atoms with van der Waals surface area (Å²) in [6.07, 6.45) is 0. The minimum atomic E-state index is -0.144. The maximum atomic E-state index is 12.4. The Hall–Kier alpha value is -2.28. The van der Waals surface area contributed by atoms with Crippen molar-refractivity contribution < 1.29 is 4.79 Å². The molecule has 3 aromatic rings. The van der Waals surface area contributed by atoms with Crippen LogP contribution < -0.4 is 16.4 Å². The van der Waals surface area contributed by atoms with Crippen molar-refractivity contribution in [1.82, 2.24) is 20.6 Å². The van der Waals surface area contributed by atoms with Crippen LogP contribution in [0.2, 0.25) is 0 Å². The van der Waals surface area contributed by atoms with Crippen molar-refractivity contribution in [3.63, 3.8) is 0 Å². The van der Waals surface area contributed by atoms with E-state index in [0.717, 1.165) is 23.1 Å². The van der Waals surface area contributed by atoms with Gasteiger partial charge in [-0.2, -0.15) is 0 Å². The van der Waals surface area contributed by atoms with Gasteiger partial charge in [-0.3, -0.25) is 4.79 Å². The summed E-state index contributed by atoms with van der Waals surface area (Å²) in [5, 5.41) is 6.02. The standard InChI is InChI=1S/C17H19N5O.ClH/c18-8-9-19-10-11-20-17(23)12-4-3-7-15-16(12)22-14-6-2-1-5-13(14)21-15;/h1-7,19H,8-11,18H2,(H,20,23);1H. The number of nitrogens with two attached hydrogens (primary N) is 1. The molecule has 0 bridgehead atoms. The number of nitrogens with zero attached hydrogens (tertiary/aromatic N) is 2. The molecule has 0 aliphatic heterocycles. The molecule has 0 aliphatic rings. The third-order valence-electron chi connectivity index (χ3n) is 3.52. The van der Waals surface area contributed by atoms with Gasteiger partial charge in [0, 0.05) is 26.2 Å². The molecule has 7 heteroatoms. The maximum absolute atomic E-state index is 12.4. The Balaban J connectivity index is 0.00000208. The summed E-state index contributed by atoms with van der Waals surface area (Å²) in [5.41, 5.74) is 8.89. The Morgan fingerprint density at radius 3 is 2.38 bits per heavy atom. The lowest BCUT2D eigenvalue weighted by molar-refractivity contribution is 0.0955. The molecule has 6 nitrogen and oxygen atoms in total. The molecule has 3 rings (SSSR count). The number of carbonyl (C=O) groups excluding carboxylic acids is 1. The fourth-order valence-corrected chi connectivity index (χ4v) is 2.41. The van der Waals surface area contributed by atoms with Crippen LogP contribution in [0.4, 0.5) is 0 Å². The first-order valence-corrected chi connectivity index (χ1v) is 7.64. The molecule has 0 unspecified atom stereocenters. The molecule has 4 N–H and O–H groups in total. The summed E-state index contributed by atoms with van der Waals surface area (Å²) in [5.74, 6) is -0.144. The van der Waals surface area contributed by atoms with Gasteiger partial charge in [0.2, 0.25) is 0 Å². The van der Waals surface area contributed by atoms with Gasteiger partial charge in [-0.25, -0.2) is 9.97 Å². The van der Waals surface area contributed by atoms with Crippen LogP contribution in [-0.4, -0.2) is 42.1 Å². The maximum Gasteiger partial charge on any atom is 0.253 e. The monoisotopic (exact) mass is 345 g/mol. The van der Waals surface area contributed by atoms with Crippen LogP contribution in [0.5, 0.6) is 0 Å². The Kier molecular flexibility index (Phi) is 6.43. The van der Waals surface area contributed by atoms with Gasteiger partial charge in [-0.15, -0.1) is 12.4 Å². The highest BCUT2D eigenvalue weighted by Crippen LogP contribution is 2.19. The summed E-state index contributed by atoms with van der Waals surface area (Å²) >= 11 is 0. The predicted molar refractivity (Wildman–Crippen MR) is 98.5 cm³/mol.